The smallest absolute Gasteiger partial charge is 0.256 e. The van der Waals surface area contributed by atoms with Gasteiger partial charge in [0.1, 0.15) is 11.9 Å². The zero-order valence-corrected chi connectivity index (χ0v) is 13.9. The molecule has 132 valence electrons. The maximum Gasteiger partial charge on any atom is 0.256 e. The molecule has 2 aromatic heterocycles. The summed E-state index contributed by atoms with van der Waals surface area (Å²) in [5.41, 5.74) is 0.707. The first-order chi connectivity index (χ1) is 12.7. The van der Waals surface area contributed by atoms with E-state index in [2.05, 4.69) is 20.4 Å². The van der Waals surface area contributed by atoms with Crippen molar-refractivity contribution in [1.82, 2.24) is 25.3 Å². The molecule has 1 aromatic carbocycles. The van der Waals surface area contributed by atoms with Crippen molar-refractivity contribution in [2.24, 2.45) is 0 Å². The summed E-state index contributed by atoms with van der Waals surface area (Å²) in [5.74, 6) is -0.155. The number of nitrogens with zero attached hydrogens (tertiary/aromatic N) is 5. The van der Waals surface area contributed by atoms with Crippen molar-refractivity contribution >= 4 is 5.91 Å². The Morgan fingerprint density at radius 1 is 1.15 bits per heavy atom. The molecule has 1 saturated heterocycles. The van der Waals surface area contributed by atoms with Crippen molar-refractivity contribution in [3.8, 4) is 11.5 Å². The summed E-state index contributed by atoms with van der Waals surface area (Å²) in [6.45, 7) is 0.587. The fourth-order valence-electron chi connectivity index (χ4n) is 3.13. The van der Waals surface area contributed by atoms with Gasteiger partial charge in [-0.1, -0.05) is 12.1 Å². The maximum atomic E-state index is 13.9. The number of hydrogen-bond acceptors (Lipinski definition) is 6. The van der Waals surface area contributed by atoms with E-state index in [1.807, 2.05) is 0 Å². The summed E-state index contributed by atoms with van der Waals surface area (Å²) >= 11 is 0. The van der Waals surface area contributed by atoms with Crippen LogP contribution in [0.2, 0.25) is 0 Å². The fourth-order valence-corrected chi connectivity index (χ4v) is 3.13. The molecule has 1 amide bonds. The zero-order chi connectivity index (χ0) is 17.9. The summed E-state index contributed by atoms with van der Waals surface area (Å²) in [6, 6.07) is 7.51. The number of piperidine rings is 1. The lowest BCUT2D eigenvalue weighted by Gasteiger charge is -2.33. The van der Waals surface area contributed by atoms with Crippen LogP contribution in [0.3, 0.4) is 0 Å². The second-order valence-electron chi connectivity index (χ2n) is 6.07. The lowest BCUT2D eigenvalue weighted by atomic mass is 10.0. The number of amides is 1. The minimum atomic E-state index is -0.429. The van der Waals surface area contributed by atoms with Gasteiger partial charge >= 0.3 is 0 Å². The summed E-state index contributed by atoms with van der Waals surface area (Å²) in [7, 11) is 0. The van der Waals surface area contributed by atoms with Gasteiger partial charge in [-0.3, -0.25) is 4.79 Å². The first kappa shape index (κ1) is 16.3. The van der Waals surface area contributed by atoms with Crippen LogP contribution in [0.15, 0.2) is 47.1 Å². The minimum absolute atomic E-state index is 0.113. The molecule has 1 atom stereocenters. The van der Waals surface area contributed by atoms with E-state index in [0.29, 0.717) is 24.4 Å². The number of likely N-dealkylation sites (tertiary alicyclic amines) is 1. The fraction of sp³-hybridized carbons (Fsp3) is 0.278. The molecule has 1 unspecified atom stereocenters. The Balaban J connectivity index is 1.63. The number of halogens is 1. The number of hydrogen-bond donors (Lipinski definition) is 0. The third kappa shape index (κ3) is 3.05. The van der Waals surface area contributed by atoms with E-state index >= 15 is 0 Å². The highest BCUT2D eigenvalue weighted by atomic mass is 19.1. The average Bonchev–Trinajstić information content (AvgIpc) is 3.18. The van der Waals surface area contributed by atoms with Crippen molar-refractivity contribution in [3.05, 3.63) is 60.0 Å². The van der Waals surface area contributed by atoms with Crippen LogP contribution in [0.5, 0.6) is 0 Å². The third-order valence-corrected chi connectivity index (χ3v) is 4.42. The number of benzene rings is 1. The van der Waals surface area contributed by atoms with Crippen LogP contribution >= 0.6 is 0 Å². The van der Waals surface area contributed by atoms with E-state index in [0.717, 1.165) is 12.8 Å². The molecule has 26 heavy (non-hydrogen) atoms. The number of rotatable bonds is 3. The van der Waals surface area contributed by atoms with Crippen molar-refractivity contribution in [1.29, 1.82) is 0 Å². The van der Waals surface area contributed by atoms with Crippen LogP contribution in [-0.4, -0.2) is 37.7 Å². The molecular weight excluding hydrogens is 337 g/mol. The second kappa shape index (κ2) is 6.99. The Kier molecular flexibility index (Phi) is 4.39. The summed E-state index contributed by atoms with van der Waals surface area (Å²) < 4.78 is 19.7. The van der Waals surface area contributed by atoms with Gasteiger partial charge in [0.15, 0.2) is 0 Å². The van der Waals surface area contributed by atoms with Gasteiger partial charge in [0.25, 0.3) is 11.8 Å². The molecule has 1 fully saturated rings. The van der Waals surface area contributed by atoms with Crippen LogP contribution in [0.4, 0.5) is 4.39 Å². The Labute approximate surface area is 148 Å². The highest BCUT2D eigenvalue weighted by Gasteiger charge is 2.33. The quantitative estimate of drug-likeness (QED) is 0.719. The predicted molar refractivity (Wildman–Crippen MR) is 89.4 cm³/mol. The Morgan fingerprint density at radius 2 is 2.04 bits per heavy atom. The van der Waals surface area contributed by atoms with Crippen molar-refractivity contribution in [3.63, 3.8) is 0 Å². The molecule has 0 N–H and O–H groups in total. The molecular formula is C18H16FN5O2. The van der Waals surface area contributed by atoms with Crippen LogP contribution in [0, 0.1) is 5.82 Å². The Bertz CT molecular complexity index is 915. The van der Waals surface area contributed by atoms with Gasteiger partial charge in [0, 0.05) is 6.54 Å². The summed E-state index contributed by atoms with van der Waals surface area (Å²) in [5, 5.41) is 15.5. The zero-order valence-electron chi connectivity index (χ0n) is 13.9. The van der Waals surface area contributed by atoms with Gasteiger partial charge in [-0.25, -0.2) is 4.39 Å². The molecule has 0 radical (unpaired) electrons. The Hall–Kier alpha value is -3.16. The van der Waals surface area contributed by atoms with Crippen LogP contribution < -0.4 is 0 Å². The van der Waals surface area contributed by atoms with Gasteiger partial charge in [-0.15, -0.1) is 10.2 Å². The van der Waals surface area contributed by atoms with Crippen LogP contribution in [0.1, 0.15) is 41.6 Å². The van der Waals surface area contributed by atoms with Crippen LogP contribution in [0.25, 0.3) is 11.5 Å². The minimum Gasteiger partial charge on any atom is -0.418 e. The average molecular weight is 353 g/mol. The lowest BCUT2D eigenvalue weighted by molar-refractivity contribution is 0.0571. The number of aromatic nitrogens is 4. The molecule has 0 spiro atoms. The molecule has 4 rings (SSSR count). The molecule has 0 aliphatic carbocycles. The molecule has 8 heteroatoms. The van der Waals surface area contributed by atoms with Crippen molar-refractivity contribution in [2.75, 3.05) is 6.54 Å². The normalized spacial score (nSPS) is 17.3. The molecule has 0 saturated carbocycles. The third-order valence-electron chi connectivity index (χ3n) is 4.42. The van der Waals surface area contributed by atoms with Crippen molar-refractivity contribution < 1.29 is 13.6 Å². The van der Waals surface area contributed by atoms with Gasteiger partial charge in [-0.2, -0.15) is 10.2 Å². The second-order valence-corrected chi connectivity index (χ2v) is 6.07. The first-order valence-electron chi connectivity index (χ1n) is 8.40. The van der Waals surface area contributed by atoms with E-state index in [1.165, 1.54) is 18.5 Å². The molecule has 7 nitrogen and oxygen atoms in total. The van der Waals surface area contributed by atoms with Crippen molar-refractivity contribution in [2.45, 2.75) is 25.3 Å². The predicted octanol–water partition coefficient (Wildman–Crippen LogP) is 3.03. The van der Waals surface area contributed by atoms with E-state index < -0.39 is 5.82 Å². The SMILES string of the molecule is O=C(c1ccnnc1)N1CCCCC1c1nnc(-c2ccccc2F)o1. The largest absolute Gasteiger partial charge is 0.418 e. The molecule has 1 aliphatic rings. The van der Waals surface area contributed by atoms with Crippen LogP contribution in [-0.2, 0) is 0 Å². The maximum absolute atomic E-state index is 13.9. The lowest BCUT2D eigenvalue weighted by Crippen LogP contribution is -2.38. The molecule has 1 aliphatic heterocycles. The molecule has 3 aromatic rings. The Morgan fingerprint density at radius 3 is 2.85 bits per heavy atom. The van der Waals surface area contributed by atoms with E-state index in [1.54, 1.807) is 29.2 Å². The summed E-state index contributed by atoms with van der Waals surface area (Å²) in [6.07, 6.45) is 5.47. The molecule has 3 heterocycles. The van der Waals surface area contributed by atoms with E-state index in [4.69, 9.17) is 4.42 Å². The van der Waals surface area contributed by atoms with Gasteiger partial charge in [0.2, 0.25) is 5.89 Å². The highest BCUT2D eigenvalue weighted by molar-refractivity contribution is 5.94. The van der Waals surface area contributed by atoms with Gasteiger partial charge in [-0.05, 0) is 37.5 Å². The monoisotopic (exact) mass is 353 g/mol. The standard InChI is InChI=1S/C18H16FN5O2/c19-14-6-2-1-5-13(14)16-22-23-17(26-16)15-7-3-4-10-24(15)18(25)12-8-9-20-21-11-12/h1-2,5-6,8-9,11,15H,3-4,7,10H2. The topological polar surface area (TPSA) is 85.0 Å². The highest BCUT2D eigenvalue weighted by Crippen LogP contribution is 2.33. The van der Waals surface area contributed by atoms with Gasteiger partial charge in [0.05, 0.1) is 23.5 Å². The first-order valence-corrected chi connectivity index (χ1v) is 8.40. The van der Waals surface area contributed by atoms with E-state index in [9.17, 15) is 9.18 Å². The number of carbonyl (C=O) groups excluding carboxylic acids is 1. The molecule has 0 bridgehead atoms. The van der Waals surface area contributed by atoms with E-state index in [-0.39, 0.29) is 23.4 Å². The summed E-state index contributed by atoms with van der Waals surface area (Å²) in [4.78, 5) is 14.5. The number of carbonyl (C=O) groups is 1. The van der Waals surface area contributed by atoms with Gasteiger partial charge < -0.3 is 9.32 Å².